The number of hydrogen-bond donors (Lipinski definition) is 0. The fourth-order valence-corrected chi connectivity index (χ4v) is 3.00. The highest BCUT2D eigenvalue weighted by atomic mass is 35.5. The number of Topliss-reactive ketones (excluding diaryl/α,β-unsaturated/α-hetero) is 1. The minimum Gasteiger partial charge on any atom is -0.462 e. The van der Waals surface area contributed by atoms with E-state index < -0.39 is 5.97 Å². The number of esters is 1. The van der Waals surface area contributed by atoms with Crippen molar-refractivity contribution in [2.24, 2.45) is 0 Å². The lowest BCUT2D eigenvalue weighted by Crippen LogP contribution is -2.13. The molecule has 0 radical (unpaired) electrons. The normalized spacial score (nSPS) is 11.5. The van der Waals surface area contributed by atoms with E-state index in [9.17, 15) is 9.59 Å². The molecule has 0 saturated carbocycles. The van der Waals surface area contributed by atoms with Gasteiger partial charge < -0.3 is 9.30 Å². The van der Waals surface area contributed by atoms with Crippen LogP contribution in [0.3, 0.4) is 0 Å². The van der Waals surface area contributed by atoms with Crippen molar-refractivity contribution in [3.05, 3.63) is 56.8 Å². The van der Waals surface area contributed by atoms with Gasteiger partial charge in [0.2, 0.25) is 0 Å². The number of rotatable bonds is 5. The Hall–Kier alpha value is -2.04. The molecule has 2 rings (SSSR count). The summed E-state index contributed by atoms with van der Waals surface area (Å²) in [6.07, 6.45) is 1.55. The maximum Gasteiger partial charge on any atom is 0.341 e. The molecule has 0 saturated heterocycles. The van der Waals surface area contributed by atoms with Gasteiger partial charge in [-0.3, -0.25) is 4.79 Å². The number of aromatic nitrogens is 1. The zero-order valence-electron chi connectivity index (χ0n) is 14.5. The average molecular weight is 380 g/mol. The molecule has 0 spiro atoms. The molecule has 6 heteroatoms. The highest BCUT2D eigenvalue weighted by molar-refractivity contribution is 6.34. The van der Waals surface area contributed by atoms with Crippen molar-refractivity contribution in [1.82, 2.24) is 4.57 Å². The number of ether oxygens (including phenoxy) is 1. The Morgan fingerprint density at radius 3 is 2.48 bits per heavy atom. The monoisotopic (exact) mass is 379 g/mol. The molecule has 0 N–H and O–H groups in total. The summed E-state index contributed by atoms with van der Waals surface area (Å²) in [5, 5.41) is 1.12. The SMILES string of the molecule is CCOC(=O)/C(=C/c1cc(C)n(-c2cc(Cl)ccc2Cl)c1C)C(C)=O. The van der Waals surface area contributed by atoms with Crippen LogP contribution in [0, 0.1) is 13.8 Å². The first-order valence-electron chi connectivity index (χ1n) is 7.80. The third-order valence-electron chi connectivity index (χ3n) is 3.79. The van der Waals surface area contributed by atoms with Crippen LogP contribution >= 0.6 is 23.2 Å². The number of carbonyl (C=O) groups excluding carboxylic acids is 2. The quantitative estimate of drug-likeness (QED) is 0.320. The van der Waals surface area contributed by atoms with Gasteiger partial charge in [-0.1, -0.05) is 23.2 Å². The smallest absolute Gasteiger partial charge is 0.341 e. The summed E-state index contributed by atoms with van der Waals surface area (Å²) in [5.74, 6) is -0.968. The van der Waals surface area contributed by atoms with E-state index in [4.69, 9.17) is 27.9 Å². The van der Waals surface area contributed by atoms with Crippen molar-refractivity contribution in [3.63, 3.8) is 0 Å². The lowest BCUT2D eigenvalue weighted by atomic mass is 10.1. The van der Waals surface area contributed by atoms with E-state index in [0.29, 0.717) is 10.0 Å². The summed E-state index contributed by atoms with van der Waals surface area (Å²) < 4.78 is 6.89. The Balaban J connectivity index is 2.59. The molecule has 2 aromatic rings. The first kappa shape index (κ1) is 19.3. The van der Waals surface area contributed by atoms with Crippen molar-refractivity contribution in [1.29, 1.82) is 0 Å². The van der Waals surface area contributed by atoms with Crippen LogP contribution in [-0.4, -0.2) is 22.9 Å². The lowest BCUT2D eigenvalue weighted by molar-refractivity contribution is -0.139. The molecule has 0 bridgehead atoms. The van der Waals surface area contributed by atoms with Crippen molar-refractivity contribution in [2.75, 3.05) is 6.61 Å². The summed E-state index contributed by atoms with van der Waals surface area (Å²) in [7, 11) is 0. The second-order valence-electron chi connectivity index (χ2n) is 5.59. The Morgan fingerprint density at radius 1 is 1.20 bits per heavy atom. The van der Waals surface area contributed by atoms with E-state index in [1.54, 1.807) is 31.2 Å². The molecule has 0 amide bonds. The van der Waals surface area contributed by atoms with Gasteiger partial charge in [0.05, 0.1) is 17.3 Å². The van der Waals surface area contributed by atoms with E-state index in [-0.39, 0.29) is 18.0 Å². The van der Waals surface area contributed by atoms with Crippen LogP contribution in [0.15, 0.2) is 29.8 Å². The van der Waals surface area contributed by atoms with Gasteiger partial charge in [-0.05, 0) is 63.6 Å². The Bertz CT molecular complexity index is 866. The maximum atomic E-state index is 12.0. The minimum atomic E-state index is -0.624. The molecule has 0 fully saturated rings. The zero-order chi connectivity index (χ0) is 18.7. The molecule has 0 atom stereocenters. The van der Waals surface area contributed by atoms with Crippen LogP contribution in [0.4, 0.5) is 0 Å². The van der Waals surface area contributed by atoms with Crippen LogP contribution < -0.4 is 0 Å². The molecule has 1 aromatic carbocycles. The van der Waals surface area contributed by atoms with Crippen LogP contribution in [0.2, 0.25) is 10.0 Å². The number of hydrogen-bond acceptors (Lipinski definition) is 3. The Labute approximate surface area is 157 Å². The molecule has 0 aliphatic heterocycles. The topological polar surface area (TPSA) is 48.3 Å². The van der Waals surface area contributed by atoms with Crippen molar-refractivity contribution >= 4 is 41.0 Å². The fraction of sp³-hybridized carbons (Fsp3) is 0.263. The molecule has 25 heavy (non-hydrogen) atoms. The van der Waals surface area contributed by atoms with E-state index in [2.05, 4.69) is 0 Å². The largest absolute Gasteiger partial charge is 0.462 e. The molecule has 0 aliphatic rings. The summed E-state index contributed by atoms with van der Waals surface area (Å²) in [6.45, 7) is 7.05. The van der Waals surface area contributed by atoms with Gasteiger partial charge in [0.25, 0.3) is 0 Å². The highest BCUT2D eigenvalue weighted by Crippen LogP contribution is 2.29. The number of ketones is 1. The van der Waals surface area contributed by atoms with E-state index in [1.807, 2.05) is 24.5 Å². The van der Waals surface area contributed by atoms with Gasteiger partial charge in [-0.15, -0.1) is 0 Å². The van der Waals surface area contributed by atoms with Crippen LogP contribution in [0.1, 0.15) is 30.8 Å². The first-order chi connectivity index (χ1) is 11.8. The summed E-state index contributed by atoms with van der Waals surface area (Å²) >= 11 is 12.4. The molecule has 0 aliphatic carbocycles. The third-order valence-corrected chi connectivity index (χ3v) is 4.35. The standard InChI is InChI=1S/C19H19Cl2NO3/c1-5-25-19(24)16(13(4)23)9-14-8-11(2)22(12(14)3)18-10-15(20)6-7-17(18)21/h6-10H,5H2,1-4H3/b16-9+. The molecule has 1 aromatic heterocycles. The minimum absolute atomic E-state index is 0.0132. The lowest BCUT2D eigenvalue weighted by Gasteiger charge is -2.12. The van der Waals surface area contributed by atoms with Gasteiger partial charge in [0, 0.05) is 16.4 Å². The van der Waals surface area contributed by atoms with Crippen molar-refractivity contribution in [3.8, 4) is 5.69 Å². The van der Waals surface area contributed by atoms with Crippen LogP contribution in [0.5, 0.6) is 0 Å². The third kappa shape index (κ3) is 4.14. The molecule has 0 unspecified atom stereocenters. The maximum absolute atomic E-state index is 12.0. The number of carbonyl (C=O) groups is 2. The Kier molecular flexibility index (Phi) is 6.09. The van der Waals surface area contributed by atoms with Gasteiger partial charge in [0.15, 0.2) is 5.78 Å². The number of aryl methyl sites for hydroxylation is 1. The van der Waals surface area contributed by atoms with Crippen LogP contribution in [0.25, 0.3) is 11.8 Å². The highest BCUT2D eigenvalue weighted by Gasteiger charge is 2.18. The zero-order valence-corrected chi connectivity index (χ0v) is 16.0. The van der Waals surface area contributed by atoms with E-state index >= 15 is 0 Å². The fourth-order valence-electron chi connectivity index (χ4n) is 2.63. The molecular formula is C19H19Cl2NO3. The number of benzene rings is 1. The van der Waals surface area contributed by atoms with Crippen molar-refractivity contribution < 1.29 is 14.3 Å². The average Bonchev–Trinajstić information content (AvgIpc) is 2.81. The first-order valence-corrected chi connectivity index (χ1v) is 8.56. The predicted octanol–water partition coefficient (Wildman–Crippen LogP) is 4.94. The van der Waals surface area contributed by atoms with Gasteiger partial charge in [-0.25, -0.2) is 4.79 Å². The summed E-state index contributed by atoms with van der Waals surface area (Å²) in [6, 6.07) is 7.10. The van der Waals surface area contributed by atoms with Gasteiger partial charge in [0.1, 0.15) is 5.57 Å². The summed E-state index contributed by atoms with van der Waals surface area (Å²) in [4.78, 5) is 23.8. The van der Waals surface area contributed by atoms with E-state index in [1.165, 1.54) is 6.92 Å². The second kappa shape index (κ2) is 7.89. The van der Waals surface area contributed by atoms with E-state index in [0.717, 1.165) is 22.6 Å². The Morgan fingerprint density at radius 2 is 1.88 bits per heavy atom. The van der Waals surface area contributed by atoms with Gasteiger partial charge >= 0.3 is 5.97 Å². The second-order valence-corrected chi connectivity index (χ2v) is 6.44. The molecule has 1 heterocycles. The number of halogens is 2. The number of nitrogens with zero attached hydrogens (tertiary/aromatic N) is 1. The summed E-state index contributed by atoms with van der Waals surface area (Å²) in [5.41, 5.74) is 3.24. The van der Waals surface area contributed by atoms with Crippen molar-refractivity contribution in [2.45, 2.75) is 27.7 Å². The molecule has 132 valence electrons. The molecule has 4 nitrogen and oxygen atoms in total. The predicted molar refractivity (Wildman–Crippen MR) is 101 cm³/mol. The molecular weight excluding hydrogens is 361 g/mol. The van der Waals surface area contributed by atoms with Crippen LogP contribution in [-0.2, 0) is 14.3 Å². The van der Waals surface area contributed by atoms with Gasteiger partial charge in [-0.2, -0.15) is 0 Å².